The van der Waals surface area contributed by atoms with E-state index in [9.17, 15) is 9.59 Å². The summed E-state index contributed by atoms with van der Waals surface area (Å²) >= 11 is 0. The number of rotatable bonds is 5. The van der Waals surface area contributed by atoms with E-state index in [4.69, 9.17) is 9.47 Å². The molecule has 0 saturated carbocycles. The van der Waals surface area contributed by atoms with Crippen molar-refractivity contribution in [3.63, 3.8) is 0 Å². The summed E-state index contributed by atoms with van der Waals surface area (Å²) in [5, 5.41) is 3.04. The number of benzene rings is 2. The summed E-state index contributed by atoms with van der Waals surface area (Å²) in [7, 11) is 0. The van der Waals surface area contributed by atoms with Crippen LogP contribution in [-0.4, -0.2) is 67.0 Å². The van der Waals surface area contributed by atoms with E-state index in [2.05, 4.69) is 10.2 Å². The minimum absolute atomic E-state index is 0.00764. The number of fused-ring (bicyclic) bond motifs is 1. The highest BCUT2D eigenvalue weighted by molar-refractivity contribution is 5.82. The maximum atomic E-state index is 12.8. The third-order valence-corrected chi connectivity index (χ3v) is 5.51. The van der Waals surface area contributed by atoms with Gasteiger partial charge in [0.2, 0.25) is 12.0 Å². The Morgan fingerprint density at radius 1 is 1.00 bits per heavy atom. The predicted octanol–water partition coefficient (Wildman–Crippen LogP) is 1.85. The van der Waals surface area contributed by atoms with Crippen molar-refractivity contribution in [3.8, 4) is 11.5 Å². The molecular formula is C23H27N3O4. The van der Waals surface area contributed by atoms with E-state index in [0.29, 0.717) is 44.2 Å². The maximum Gasteiger partial charge on any atom is 0.267 e. The molecule has 0 aliphatic carbocycles. The monoisotopic (exact) mass is 409 g/mol. The first kappa shape index (κ1) is 20.2. The van der Waals surface area contributed by atoms with Crippen LogP contribution in [0.25, 0.3) is 0 Å². The quantitative estimate of drug-likeness (QED) is 0.816. The third-order valence-electron chi connectivity index (χ3n) is 5.51. The van der Waals surface area contributed by atoms with Crippen molar-refractivity contribution in [2.45, 2.75) is 19.1 Å². The van der Waals surface area contributed by atoms with E-state index < -0.39 is 6.10 Å². The fourth-order valence-electron chi connectivity index (χ4n) is 3.79. The highest BCUT2D eigenvalue weighted by atomic mass is 16.6. The van der Waals surface area contributed by atoms with Crippen LogP contribution in [0, 0.1) is 0 Å². The molecule has 0 bridgehead atoms. The van der Waals surface area contributed by atoms with Gasteiger partial charge in [0, 0.05) is 26.2 Å². The fraction of sp³-hybridized carbons (Fsp3) is 0.391. The summed E-state index contributed by atoms with van der Waals surface area (Å²) < 4.78 is 11.5. The van der Waals surface area contributed by atoms with Crippen molar-refractivity contribution in [2.75, 3.05) is 39.3 Å². The summed E-state index contributed by atoms with van der Waals surface area (Å²) in [6.07, 6.45) is -0.624. The molecule has 2 aliphatic rings. The number of carbonyl (C=O) groups is 2. The van der Waals surface area contributed by atoms with Gasteiger partial charge < -0.3 is 19.7 Å². The number of ether oxygens (including phenoxy) is 2. The number of amides is 2. The highest BCUT2D eigenvalue weighted by Gasteiger charge is 2.32. The second kappa shape index (κ2) is 9.17. The Morgan fingerprint density at radius 2 is 1.67 bits per heavy atom. The molecule has 7 nitrogen and oxygen atoms in total. The van der Waals surface area contributed by atoms with Crippen LogP contribution in [0.15, 0.2) is 54.6 Å². The molecule has 158 valence electrons. The molecule has 1 fully saturated rings. The number of nitrogens with one attached hydrogen (secondary N) is 1. The van der Waals surface area contributed by atoms with Crippen LogP contribution in [0.3, 0.4) is 0 Å². The lowest BCUT2D eigenvalue weighted by molar-refractivity contribution is -0.143. The second-order valence-corrected chi connectivity index (χ2v) is 7.67. The van der Waals surface area contributed by atoms with E-state index in [1.54, 1.807) is 4.90 Å². The van der Waals surface area contributed by atoms with Crippen molar-refractivity contribution in [2.24, 2.45) is 0 Å². The summed E-state index contributed by atoms with van der Waals surface area (Å²) in [4.78, 5) is 29.1. The van der Waals surface area contributed by atoms with Crippen LogP contribution in [0.2, 0.25) is 0 Å². The molecule has 0 unspecified atom stereocenters. The molecule has 0 aromatic heterocycles. The molecule has 2 atom stereocenters. The van der Waals surface area contributed by atoms with Crippen LogP contribution in [0.5, 0.6) is 11.5 Å². The predicted molar refractivity (Wildman–Crippen MR) is 112 cm³/mol. The Labute approximate surface area is 176 Å². The first-order valence-corrected chi connectivity index (χ1v) is 10.3. The summed E-state index contributed by atoms with van der Waals surface area (Å²) in [6.45, 7) is 4.98. The van der Waals surface area contributed by atoms with Crippen LogP contribution < -0.4 is 14.8 Å². The van der Waals surface area contributed by atoms with E-state index >= 15 is 0 Å². The van der Waals surface area contributed by atoms with Crippen LogP contribution in [-0.2, 0) is 9.59 Å². The Kier molecular flexibility index (Phi) is 6.18. The minimum atomic E-state index is -0.624. The third kappa shape index (κ3) is 4.74. The number of hydrogen-bond acceptors (Lipinski definition) is 5. The Morgan fingerprint density at radius 3 is 2.40 bits per heavy atom. The lowest BCUT2D eigenvalue weighted by Gasteiger charge is -2.37. The SMILES string of the molecule is C[C@@H](NC(=O)CN1CCN(C(=O)[C@H]2COc3ccccc3O2)CC1)c1ccccc1. The average Bonchev–Trinajstić information content (AvgIpc) is 2.79. The smallest absolute Gasteiger partial charge is 0.267 e. The summed E-state index contributed by atoms with van der Waals surface area (Å²) in [5.74, 6) is 1.20. The van der Waals surface area contributed by atoms with Crippen molar-refractivity contribution in [3.05, 3.63) is 60.2 Å². The Balaban J connectivity index is 1.23. The number of nitrogens with zero attached hydrogens (tertiary/aromatic N) is 2. The lowest BCUT2D eigenvalue weighted by Crippen LogP contribution is -2.55. The standard InChI is InChI=1S/C23H27N3O4/c1-17(18-7-3-2-4-8-18)24-22(27)15-25-11-13-26(14-12-25)23(28)21-16-29-19-9-5-6-10-20(19)30-21/h2-10,17,21H,11-16H2,1H3,(H,24,27)/t17-,21-/m1/s1. The van der Waals surface area contributed by atoms with Gasteiger partial charge >= 0.3 is 0 Å². The van der Waals surface area contributed by atoms with Crippen molar-refractivity contribution in [1.82, 2.24) is 15.1 Å². The first-order valence-electron chi connectivity index (χ1n) is 10.3. The zero-order chi connectivity index (χ0) is 20.9. The molecule has 7 heteroatoms. The van der Waals surface area contributed by atoms with Gasteiger partial charge in [-0.05, 0) is 24.6 Å². The largest absolute Gasteiger partial charge is 0.485 e. The zero-order valence-electron chi connectivity index (χ0n) is 17.1. The van der Waals surface area contributed by atoms with Crippen LogP contribution >= 0.6 is 0 Å². The fourth-order valence-corrected chi connectivity index (χ4v) is 3.79. The molecule has 2 aromatic carbocycles. The molecule has 2 aromatic rings. The molecule has 2 heterocycles. The Bertz CT molecular complexity index is 881. The van der Waals surface area contributed by atoms with Gasteiger partial charge in [0.25, 0.3) is 5.91 Å². The Hall–Kier alpha value is -3.06. The second-order valence-electron chi connectivity index (χ2n) is 7.67. The number of carbonyl (C=O) groups excluding carboxylic acids is 2. The molecule has 0 spiro atoms. The molecule has 30 heavy (non-hydrogen) atoms. The van der Waals surface area contributed by atoms with Crippen molar-refractivity contribution < 1.29 is 19.1 Å². The van der Waals surface area contributed by atoms with Gasteiger partial charge in [-0.25, -0.2) is 0 Å². The molecular weight excluding hydrogens is 382 g/mol. The summed E-state index contributed by atoms with van der Waals surface area (Å²) in [5.41, 5.74) is 1.08. The van der Waals surface area contributed by atoms with Gasteiger partial charge in [-0.3, -0.25) is 14.5 Å². The molecule has 2 aliphatic heterocycles. The zero-order valence-corrected chi connectivity index (χ0v) is 17.1. The van der Waals surface area contributed by atoms with E-state index in [1.807, 2.05) is 61.5 Å². The molecule has 4 rings (SSSR count). The van der Waals surface area contributed by atoms with Crippen molar-refractivity contribution in [1.29, 1.82) is 0 Å². The first-order chi connectivity index (χ1) is 14.6. The summed E-state index contributed by atoms with van der Waals surface area (Å²) in [6, 6.07) is 17.2. The van der Waals surface area contributed by atoms with Gasteiger partial charge in [-0.1, -0.05) is 42.5 Å². The number of piperazine rings is 1. The topological polar surface area (TPSA) is 71.1 Å². The molecule has 1 saturated heterocycles. The average molecular weight is 409 g/mol. The van der Waals surface area contributed by atoms with Gasteiger partial charge in [0.05, 0.1) is 12.6 Å². The number of para-hydroxylation sites is 2. The van der Waals surface area contributed by atoms with E-state index in [-0.39, 0.29) is 24.5 Å². The van der Waals surface area contributed by atoms with Gasteiger partial charge in [0.15, 0.2) is 11.5 Å². The molecule has 0 radical (unpaired) electrons. The minimum Gasteiger partial charge on any atom is -0.485 e. The normalized spacial score (nSPS) is 19.8. The number of hydrogen-bond donors (Lipinski definition) is 1. The lowest BCUT2D eigenvalue weighted by atomic mass is 10.1. The van der Waals surface area contributed by atoms with Gasteiger partial charge in [-0.2, -0.15) is 0 Å². The van der Waals surface area contributed by atoms with Gasteiger partial charge in [-0.15, -0.1) is 0 Å². The molecule has 1 N–H and O–H groups in total. The van der Waals surface area contributed by atoms with Crippen LogP contribution in [0.4, 0.5) is 0 Å². The van der Waals surface area contributed by atoms with Gasteiger partial charge in [0.1, 0.15) is 6.61 Å². The van der Waals surface area contributed by atoms with E-state index in [1.165, 1.54) is 0 Å². The van der Waals surface area contributed by atoms with E-state index in [0.717, 1.165) is 5.56 Å². The maximum absolute atomic E-state index is 12.8. The highest BCUT2D eigenvalue weighted by Crippen LogP contribution is 2.31. The van der Waals surface area contributed by atoms with Crippen LogP contribution in [0.1, 0.15) is 18.5 Å². The van der Waals surface area contributed by atoms with Crippen molar-refractivity contribution >= 4 is 11.8 Å². The molecule has 2 amide bonds.